The summed E-state index contributed by atoms with van der Waals surface area (Å²) in [4.78, 5) is 0. The van der Waals surface area contributed by atoms with Crippen molar-refractivity contribution >= 4 is 0 Å². The number of unbranched alkanes of at least 4 members (excludes halogenated alkanes) is 12. The third-order valence-electron chi connectivity index (χ3n) is 7.56. The molecule has 0 aromatic carbocycles. The molecule has 2 aliphatic rings. The summed E-state index contributed by atoms with van der Waals surface area (Å²) in [7, 11) is 0. The van der Waals surface area contributed by atoms with E-state index in [1.807, 2.05) is 0 Å². The first-order valence-electron chi connectivity index (χ1n) is 13.7. The van der Waals surface area contributed by atoms with Gasteiger partial charge in [-0.1, -0.05) is 127 Å². The van der Waals surface area contributed by atoms with Crippen molar-refractivity contribution in [1.82, 2.24) is 0 Å². The predicted molar refractivity (Wildman–Crippen MR) is 136 cm³/mol. The Morgan fingerprint density at radius 2 is 1.41 bits per heavy atom. The van der Waals surface area contributed by atoms with Gasteiger partial charge in [-0.05, 0) is 43.8 Å². The zero-order valence-corrected chi connectivity index (χ0v) is 20.9. The topological polar surface area (TPSA) is 0 Å². The van der Waals surface area contributed by atoms with Crippen LogP contribution in [0.4, 0.5) is 8.78 Å². The summed E-state index contributed by atoms with van der Waals surface area (Å²) in [6.45, 7) is 4.47. The maximum Gasteiger partial charge on any atom is 0.131 e. The van der Waals surface area contributed by atoms with Crippen LogP contribution in [0.2, 0.25) is 0 Å². The maximum atomic E-state index is 15.2. The van der Waals surface area contributed by atoms with Gasteiger partial charge in [-0.25, -0.2) is 8.78 Å². The van der Waals surface area contributed by atoms with E-state index in [1.54, 1.807) is 12.2 Å². The van der Waals surface area contributed by atoms with Crippen LogP contribution in [0, 0.1) is 11.3 Å². The van der Waals surface area contributed by atoms with Gasteiger partial charge in [-0.3, -0.25) is 0 Å². The molecule has 2 rings (SSSR count). The van der Waals surface area contributed by atoms with Crippen molar-refractivity contribution in [1.29, 1.82) is 0 Å². The molecule has 0 N–H and O–H groups in total. The van der Waals surface area contributed by atoms with E-state index in [-0.39, 0.29) is 11.7 Å². The number of halogens is 2. The molecule has 3 unspecified atom stereocenters. The Labute approximate surface area is 197 Å². The van der Waals surface area contributed by atoms with Crippen molar-refractivity contribution in [3.05, 3.63) is 47.9 Å². The van der Waals surface area contributed by atoms with E-state index in [1.165, 1.54) is 88.7 Å². The summed E-state index contributed by atoms with van der Waals surface area (Å²) < 4.78 is 30.4. The van der Waals surface area contributed by atoms with Gasteiger partial charge in [0, 0.05) is 0 Å². The van der Waals surface area contributed by atoms with Crippen molar-refractivity contribution in [2.75, 3.05) is 0 Å². The lowest BCUT2D eigenvalue weighted by molar-refractivity contribution is 0.0860. The molecule has 0 aliphatic heterocycles. The highest BCUT2D eigenvalue weighted by Crippen LogP contribution is 2.51. The normalized spacial score (nSPS) is 25.1. The second-order valence-electron chi connectivity index (χ2n) is 10.1. The maximum absolute atomic E-state index is 15.2. The molecule has 2 heteroatoms. The smallest absolute Gasteiger partial charge is 0.131 e. The van der Waals surface area contributed by atoms with Crippen LogP contribution in [0.5, 0.6) is 0 Å². The number of rotatable bonds is 17. The van der Waals surface area contributed by atoms with Crippen molar-refractivity contribution in [3.63, 3.8) is 0 Å². The van der Waals surface area contributed by atoms with Crippen LogP contribution in [0.3, 0.4) is 0 Å². The largest absolute Gasteiger partial charge is 0.242 e. The Morgan fingerprint density at radius 1 is 0.812 bits per heavy atom. The fourth-order valence-electron chi connectivity index (χ4n) is 5.41. The summed E-state index contributed by atoms with van der Waals surface area (Å²) in [5, 5.41) is 0. The minimum atomic E-state index is -1.24. The standard InChI is InChI=1S/C30H48F2/c1-3-5-7-9-11-12-13-15-18-26-21-23-27(24-22-26)30(25-16-14-10-8-6-4-2)28(31)19-17-20-29(30)32/h17,19-23,27-28H,3-16,18,24-25H2,1-2H3. The van der Waals surface area contributed by atoms with Gasteiger partial charge in [0.15, 0.2) is 0 Å². The van der Waals surface area contributed by atoms with Crippen molar-refractivity contribution in [2.24, 2.45) is 11.3 Å². The van der Waals surface area contributed by atoms with Crippen LogP contribution in [0.15, 0.2) is 47.9 Å². The fourth-order valence-corrected chi connectivity index (χ4v) is 5.41. The van der Waals surface area contributed by atoms with E-state index in [2.05, 4.69) is 32.1 Å². The molecule has 0 heterocycles. The Morgan fingerprint density at radius 3 is 1.97 bits per heavy atom. The van der Waals surface area contributed by atoms with Gasteiger partial charge in [0.1, 0.15) is 12.0 Å². The van der Waals surface area contributed by atoms with Crippen LogP contribution in [-0.4, -0.2) is 6.17 Å². The molecule has 0 bridgehead atoms. The Balaban J connectivity index is 1.82. The molecule has 182 valence electrons. The third-order valence-corrected chi connectivity index (χ3v) is 7.56. The van der Waals surface area contributed by atoms with Gasteiger partial charge < -0.3 is 0 Å². The molecule has 0 spiro atoms. The zero-order valence-electron chi connectivity index (χ0n) is 20.9. The van der Waals surface area contributed by atoms with E-state index in [9.17, 15) is 0 Å². The van der Waals surface area contributed by atoms with E-state index in [0.29, 0.717) is 6.42 Å². The molecule has 0 amide bonds. The number of allylic oxidation sites excluding steroid dienone is 8. The van der Waals surface area contributed by atoms with Gasteiger partial charge in [-0.2, -0.15) is 0 Å². The minimum Gasteiger partial charge on any atom is -0.242 e. The van der Waals surface area contributed by atoms with Crippen molar-refractivity contribution in [2.45, 2.75) is 129 Å². The molecule has 0 saturated carbocycles. The van der Waals surface area contributed by atoms with Gasteiger partial charge in [0.25, 0.3) is 0 Å². The SMILES string of the molecule is CCCCCCCCCCC1=CCC(C2(CCCCCCCC)C(F)=CC=CC2F)C=C1. The first kappa shape index (κ1) is 27.1. The van der Waals surface area contributed by atoms with Gasteiger partial charge in [0.2, 0.25) is 0 Å². The van der Waals surface area contributed by atoms with Gasteiger partial charge in [0.05, 0.1) is 5.41 Å². The third kappa shape index (κ3) is 8.31. The highest BCUT2D eigenvalue weighted by atomic mass is 19.1. The summed E-state index contributed by atoms with van der Waals surface area (Å²) >= 11 is 0. The minimum absolute atomic E-state index is 0.0864. The second-order valence-corrected chi connectivity index (χ2v) is 10.1. The van der Waals surface area contributed by atoms with Crippen LogP contribution in [0.25, 0.3) is 0 Å². The molecule has 0 saturated heterocycles. The van der Waals surface area contributed by atoms with Crippen LogP contribution in [-0.2, 0) is 0 Å². The van der Waals surface area contributed by atoms with E-state index in [4.69, 9.17) is 0 Å². The van der Waals surface area contributed by atoms with E-state index < -0.39 is 11.6 Å². The van der Waals surface area contributed by atoms with Crippen molar-refractivity contribution < 1.29 is 8.78 Å². The second kappa shape index (κ2) is 15.6. The quantitative estimate of drug-likeness (QED) is 0.195. The number of hydrogen-bond acceptors (Lipinski definition) is 0. The van der Waals surface area contributed by atoms with Crippen LogP contribution < -0.4 is 0 Å². The van der Waals surface area contributed by atoms with E-state index in [0.717, 1.165) is 25.7 Å². The van der Waals surface area contributed by atoms with Gasteiger partial charge >= 0.3 is 0 Å². The number of alkyl halides is 1. The number of hydrogen-bond donors (Lipinski definition) is 0. The Bertz CT molecular complexity index is 627. The van der Waals surface area contributed by atoms with Crippen molar-refractivity contribution in [3.8, 4) is 0 Å². The molecular weight excluding hydrogens is 398 g/mol. The monoisotopic (exact) mass is 446 g/mol. The van der Waals surface area contributed by atoms with E-state index >= 15 is 8.78 Å². The first-order valence-corrected chi connectivity index (χ1v) is 13.7. The molecule has 0 nitrogen and oxygen atoms in total. The lowest BCUT2D eigenvalue weighted by Gasteiger charge is -2.42. The predicted octanol–water partition coefficient (Wildman–Crippen LogP) is 10.5. The molecule has 0 fully saturated rings. The first-order chi connectivity index (χ1) is 15.6. The van der Waals surface area contributed by atoms with Gasteiger partial charge in [-0.15, -0.1) is 0 Å². The average Bonchev–Trinajstić information content (AvgIpc) is 2.80. The molecule has 32 heavy (non-hydrogen) atoms. The fraction of sp³-hybridized carbons (Fsp3) is 0.733. The van der Waals surface area contributed by atoms with Crippen LogP contribution in [0.1, 0.15) is 123 Å². The highest BCUT2D eigenvalue weighted by molar-refractivity contribution is 5.33. The summed E-state index contributed by atoms with van der Waals surface area (Å²) in [6, 6.07) is 0. The molecule has 0 aromatic heterocycles. The Hall–Kier alpha value is -1.18. The molecule has 3 atom stereocenters. The molecule has 2 aliphatic carbocycles. The highest BCUT2D eigenvalue weighted by Gasteiger charge is 2.48. The van der Waals surface area contributed by atoms with Crippen LogP contribution >= 0.6 is 0 Å². The molecular formula is C30H48F2. The summed E-state index contributed by atoms with van der Waals surface area (Å²) in [5.74, 6) is -0.340. The Kier molecular flexibility index (Phi) is 13.2. The molecule has 0 aromatic rings. The lowest BCUT2D eigenvalue weighted by Crippen LogP contribution is -2.40. The summed E-state index contributed by atoms with van der Waals surface area (Å²) in [6.07, 6.45) is 29.8. The average molecular weight is 447 g/mol. The zero-order chi connectivity index (χ0) is 23.1. The summed E-state index contributed by atoms with van der Waals surface area (Å²) in [5.41, 5.74) is 0.351. The lowest BCUT2D eigenvalue weighted by atomic mass is 9.63. The molecule has 0 radical (unpaired) electrons.